The van der Waals surface area contributed by atoms with Crippen molar-refractivity contribution in [3.8, 4) is 0 Å². The molecule has 0 aromatic heterocycles. The lowest BCUT2D eigenvalue weighted by molar-refractivity contribution is -0.138. The molecule has 3 saturated heterocycles. The van der Waals surface area contributed by atoms with E-state index in [1.165, 1.54) is 25.7 Å². The van der Waals surface area contributed by atoms with Crippen LogP contribution in [-0.4, -0.2) is 48.1 Å². The van der Waals surface area contributed by atoms with E-state index in [1.807, 2.05) is 0 Å². The lowest BCUT2D eigenvalue weighted by Crippen LogP contribution is -2.46. The fourth-order valence-electron chi connectivity index (χ4n) is 6.53. The highest BCUT2D eigenvalue weighted by Crippen LogP contribution is 2.55. The number of carbonyl (C=O) groups excluding carboxylic acids is 2. The zero-order valence-electron chi connectivity index (χ0n) is 16.7. The molecule has 5 rings (SSSR count). The monoisotopic (exact) mass is 374 g/mol. The molecule has 5 nitrogen and oxygen atoms in total. The summed E-state index contributed by atoms with van der Waals surface area (Å²) in [6, 6.07) is 0. The van der Waals surface area contributed by atoms with E-state index in [1.54, 1.807) is 0 Å². The Bertz CT molecular complexity index is 625. The Labute approximate surface area is 162 Å². The fourth-order valence-corrected chi connectivity index (χ4v) is 6.53. The van der Waals surface area contributed by atoms with Crippen LogP contribution in [0.2, 0.25) is 0 Å². The molecule has 3 aliphatic heterocycles. The summed E-state index contributed by atoms with van der Waals surface area (Å²) in [5, 5.41) is 3.30. The minimum atomic E-state index is -0.184. The summed E-state index contributed by atoms with van der Waals surface area (Å²) in [6.45, 7) is 4.47. The van der Waals surface area contributed by atoms with Crippen LogP contribution in [0.3, 0.4) is 0 Å². The van der Waals surface area contributed by atoms with Crippen LogP contribution in [0.1, 0.15) is 71.1 Å². The molecule has 2 saturated carbocycles. The van der Waals surface area contributed by atoms with Crippen LogP contribution in [-0.2, 0) is 14.3 Å². The number of hydrogen-bond donors (Lipinski definition) is 1. The molecular weight excluding hydrogens is 340 g/mol. The number of hydrogen-bond acceptors (Lipinski definition) is 3. The zero-order chi connectivity index (χ0) is 18.6. The number of fused-ring (bicyclic) bond motifs is 1. The van der Waals surface area contributed by atoms with E-state index in [4.69, 9.17) is 4.74 Å². The van der Waals surface area contributed by atoms with Crippen molar-refractivity contribution in [3.63, 3.8) is 0 Å². The number of rotatable bonds is 4. The van der Waals surface area contributed by atoms with Gasteiger partial charge >= 0.3 is 0 Å². The molecule has 0 aromatic carbocycles. The predicted molar refractivity (Wildman–Crippen MR) is 102 cm³/mol. The second-order valence-electron chi connectivity index (χ2n) is 10.2. The lowest BCUT2D eigenvalue weighted by Gasteiger charge is -2.34. The highest BCUT2D eigenvalue weighted by atomic mass is 16.5. The maximum absolute atomic E-state index is 12.9. The van der Waals surface area contributed by atoms with Crippen LogP contribution < -0.4 is 5.32 Å². The van der Waals surface area contributed by atoms with Gasteiger partial charge in [-0.3, -0.25) is 9.59 Å². The number of nitrogens with zero attached hydrogens (tertiary/aromatic N) is 1. The number of ether oxygens (including phenoxy) is 1. The lowest BCUT2D eigenvalue weighted by atomic mass is 9.73. The summed E-state index contributed by atoms with van der Waals surface area (Å²) in [5.74, 6) is 1.63. The van der Waals surface area contributed by atoms with Crippen LogP contribution in [0.5, 0.6) is 0 Å². The third-order valence-electron chi connectivity index (χ3n) is 8.55. The first-order valence-electron chi connectivity index (χ1n) is 11.3. The summed E-state index contributed by atoms with van der Waals surface area (Å²) >= 11 is 0. The van der Waals surface area contributed by atoms with Gasteiger partial charge in [0.05, 0.1) is 18.2 Å². The van der Waals surface area contributed by atoms with Gasteiger partial charge < -0.3 is 15.0 Å². The van der Waals surface area contributed by atoms with Gasteiger partial charge in [-0.25, -0.2) is 0 Å². The molecule has 2 aliphatic carbocycles. The van der Waals surface area contributed by atoms with Gasteiger partial charge in [0.15, 0.2) is 0 Å². The molecule has 1 N–H and O–H groups in total. The molecule has 5 aliphatic rings. The van der Waals surface area contributed by atoms with Crippen molar-refractivity contribution in [3.05, 3.63) is 0 Å². The number of likely N-dealkylation sites (tertiary alicyclic amines) is 1. The van der Waals surface area contributed by atoms with Gasteiger partial charge in [-0.2, -0.15) is 0 Å². The Balaban J connectivity index is 1.23. The SMILES string of the molecule is CC1(C(=O)NC[C@H]2[C@H]3CN(C(=O)C4CCC4)C[C@]34CC[C@H]2O4)CCCCC1. The quantitative estimate of drug-likeness (QED) is 0.823. The van der Waals surface area contributed by atoms with Crippen molar-refractivity contribution in [2.75, 3.05) is 19.6 Å². The molecule has 5 heteroatoms. The smallest absolute Gasteiger partial charge is 0.225 e. The normalized spacial score (nSPS) is 39.9. The van der Waals surface area contributed by atoms with E-state index >= 15 is 0 Å². The molecule has 0 unspecified atom stereocenters. The highest BCUT2D eigenvalue weighted by molar-refractivity contribution is 5.82. The number of amides is 2. The molecule has 4 atom stereocenters. The maximum atomic E-state index is 12.9. The molecule has 3 heterocycles. The first-order valence-corrected chi connectivity index (χ1v) is 11.3. The first kappa shape index (κ1) is 18.0. The Morgan fingerprint density at radius 1 is 1.07 bits per heavy atom. The zero-order valence-corrected chi connectivity index (χ0v) is 16.7. The fraction of sp³-hybridized carbons (Fsp3) is 0.909. The molecule has 2 amide bonds. The molecule has 1 spiro atoms. The maximum Gasteiger partial charge on any atom is 0.225 e. The van der Waals surface area contributed by atoms with E-state index in [0.717, 1.165) is 58.2 Å². The van der Waals surface area contributed by atoms with Crippen molar-refractivity contribution in [1.29, 1.82) is 0 Å². The first-order chi connectivity index (χ1) is 13.0. The van der Waals surface area contributed by atoms with Gasteiger partial charge in [0.1, 0.15) is 0 Å². The summed E-state index contributed by atoms with van der Waals surface area (Å²) in [6.07, 6.45) is 11.4. The minimum absolute atomic E-state index is 0.117. The summed E-state index contributed by atoms with van der Waals surface area (Å²) in [7, 11) is 0. The summed E-state index contributed by atoms with van der Waals surface area (Å²) in [4.78, 5) is 27.7. The second kappa shape index (κ2) is 6.47. The van der Waals surface area contributed by atoms with Gasteiger partial charge in [0.25, 0.3) is 0 Å². The van der Waals surface area contributed by atoms with Crippen LogP contribution in [0.4, 0.5) is 0 Å². The average molecular weight is 375 g/mol. The predicted octanol–water partition coefficient (Wildman–Crippen LogP) is 2.88. The molecule has 150 valence electrons. The highest BCUT2D eigenvalue weighted by Gasteiger charge is 2.63. The standard InChI is InChI=1S/C22H34N2O3/c1-21(9-3-2-4-10-21)20(26)23-12-16-17-13-24(19(25)15-6-5-7-15)14-22(17)11-8-18(16)27-22/h15-18H,2-14H2,1H3,(H,23,26)/t16-,17+,18+,22+/m0/s1. The van der Waals surface area contributed by atoms with Crippen LogP contribution >= 0.6 is 0 Å². The van der Waals surface area contributed by atoms with Crippen molar-refractivity contribution in [2.24, 2.45) is 23.2 Å². The van der Waals surface area contributed by atoms with Crippen molar-refractivity contribution < 1.29 is 14.3 Å². The van der Waals surface area contributed by atoms with Gasteiger partial charge in [-0.15, -0.1) is 0 Å². The Morgan fingerprint density at radius 3 is 2.56 bits per heavy atom. The molecule has 5 fully saturated rings. The Hall–Kier alpha value is -1.10. The average Bonchev–Trinajstić information content (AvgIpc) is 3.27. The van der Waals surface area contributed by atoms with Crippen LogP contribution in [0, 0.1) is 23.2 Å². The van der Waals surface area contributed by atoms with Crippen molar-refractivity contribution in [1.82, 2.24) is 10.2 Å². The summed E-state index contributed by atoms with van der Waals surface area (Å²) in [5.41, 5.74) is -0.301. The van der Waals surface area contributed by atoms with E-state index in [-0.39, 0.29) is 28.9 Å². The van der Waals surface area contributed by atoms with Gasteiger partial charge in [-0.05, 0) is 38.5 Å². The third kappa shape index (κ3) is 2.83. The van der Waals surface area contributed by atoms with E-state index in [0.29, 0.717) is 17.7 Å². The topological polar surface area (TPSA) is 58.6 Å². The van der Waals surface area contributed by atoms with Crippen LogP contribution in [0.15, 0.2) is 0 Å². The van der Waals surface area contributed by atoms with Crippen molar-refractivity contribution >= 4 is 11.8 Å². The Kier molecular flexibility index (Phi) is 4.30. The summed E-state index contributed by atoms with van der Waals surface area (Å²) < 4.78 is 6.47. The molecule has 0 radical (unpaired) electrons. The van der Waals surface area contributed by atoms with Gasteiger partial charge in [0.2, 0.25) is 11.8 Å². The molecule has 2 bridgehead atoms. The molecule has 27 heavy (non-hydrogen) atoms. The minimum Gasteiger partial charge on any atom is -0.369 e. The van der Waals surface area contributed by atoms with Crippen molar-refractivity contribution in [2.45, 2.75) is 82.8 Å². The van der Waals surface area contributed by atoms with Gasteiger partial charge in [-0.1, -0.05) is 32.6 Å². The third-order valence-corrected chi connectivity index (χ3v) is 8.55. The second-order valence-corrected chi connectivity index (χ2v) is 10.2. The van der Waals surface area contributed by atoms with E-state index < -0.39 is 0 Å². The van der Waals surface area contributed by atoms with Crippen LogP contribution in [0.25, 0.3) is 0 Å². The van der Waals surface area contributed by atoms with Gasteiger partial charge in [0, 0.05) is 36.3 Å². The number of carbonyl (C=O) groups is 2. The molecular formula is C22H34N2O3. The largest absolute Gasteiger partial charge is 0.369 e. The molecule has 0 aromatic rings. The number of nitrogens with one attached hydrogen (secondary N) is 1. The van der Waals surface area contributed by atoms with E-state index in [2.05, 4.69) is 17.1 Å². The van der Waals surface area contributed by atoms with E-state index in [9.17, 15) is 9.59 Å². The Morgan fingerprint density at radius 2 is 1.85 bits per heavy atom.